The highest BCUT2D eigenvalue weighted by Gasteiger charge is 2.64. The summed E-state index contributed by atoms with van der Waals surface area (Å²) in [5.41, 5.74) is 1.23. The van der Waals surface area contributed by atoms with E-state index in [1.807, 2.05) is 48.5 Å². The summed E-state index contributed by atoms with van der Waals surface area (Å²) in [7, 11) is 0. The summed E-state index contributed by atoms with van der Waals surface area (Å²) in [4.78, 5) is 17.9. The molecule has 0 saturated heterocycles. The smallest absolute Gasteiger partial charge is 0.342 e. The average molecular weight is 315 g/mol. The van der Waals surface area contributed by atoms with Crippen LogP contribution in [0.4, 0.5) is 0 Å². The highest BCUT2D eigenvalue weighted by molar-refractivity contribution is 6.09. The molecule has 0 amide bonds. The van der Waals surface area contributed by atoms with Gasteiger partial charge in [-0.1, -0.05) is 60.7 Å². The van der Waals surface area contributed by atoms with Crippen molar-refractivity contribution in [2.24, 2.45) is 16.8 Å². The van der Waals surface area contributed by atoms with Crippen LogP contribution in [-0.4, -0.2) is 17.4 Å². The predicted octanol–water partition coefficient (Wildman–Crippen LogP) is 3.72. The lowest BCUT2D eigenvalue weighted by Crippen LogP contribution is -2.44. The van der Waals surface area contributed by atoms with Crippen molar-refractivity contribution in [3.63, 3.8) is 0 Å². The van der Waals surface area contributed by atoms with Gasteiger partial charge in [-0.3, -0.25) is 0 Å². The lowest BCUT2D eigenvalue weighted by Gasteiger charge is -2.32. The Balaban J connectivity index is 1.66. The Morgan fingerprint density at radius 2 is 1.67 bits per heavy atom. The zero-order valence-electron chi connectivity index (χ0n) is 13.1. The largest absolute Gasteiger partial charge is 0.405 e. The molecule has 0 aromatic heterocycles. The summed E-state index contributed by atoms with van der Waals surface area (Å²) in [6, 6.07) is 20.0. The highest BCUT2D eigenvalue weighted by atomic mass is 16.6. The van der Waals surface area contributed by atoms with Crippen molar-refractivity contribution in [2.75, 3.05) is 0 Å². The topological polar surface area (TPSA) is 38.7 Å². The first kappa shape index (κ1) is 13.7. The average Bonchev–Trinajstić information content (AvgIpc) is 3.31. The van der Waals surface area contributed by atoms with Crippen LogP contribution in [0.1, 0.15) is 23.5 Å². The molecule has 1 fully saturated rings. The van der Waals surface area contributed by atoms with E-state index in [4.69, 9.17) is 9.73 Å². The Bertz CT molecular complexity index is 856. The van der Waals surface area contributed by atoms with E-state index in [-0.39, 0.29) is 17.8 Å². The third kappa shape index (κ3) is 1.72. The number of carbonyl (C=O) groups is 1. The van der Waals surface area contributed by atoms with E-state index in [2.05, 4.69) is 24.3 Å². The Morgan fingerprint density at radius 1 is 0.958 bits per heavy atom. The molecular formula is C21H17NO2. The molecule has 118 valence electrons. The SMILES string of the molecule is O=C1OC(c2ccccc2)=N[C@]12[C@@H]1C=C[C@@H](C1)[C@H]2c1ccccc1. The third-order valence-corrected chi connectivity index (χ3v) is 5.57. The molecule has 3 nitrogen and oxygen atoms in total. The number of hydrogen-bond donors (Lipinski definition) is 0. The summed E-state index contributed by atoms with van der Waals surface area (Å²) in [5, 5.41) is 0. The molecule has 2 aromatic carbocycles. The Labute approximate surface area is 140 Å². The number of aliphatic imine (C=N–C) groups is 1. The number of allylic oxidation sites excluding steroid dienone is 1. The fourth-order valence-electron chi connectivity index (χ4n) is 4.56. The fourth-order valence-corrected chi connectivity index (χ4v) is 4.56. The minimum absolute atomic E-state index is 0.0578. The zero-order chi connectivity index (χ0) is 16.1. The molecule has 3 aliphatic rings. The molecular weight excluding hydrogens is 298 g/mol. The van der Waals surface area contributed by atoms with Crippen LogP contribution in [0.25, 0.3) is 0 Å². The maximum absolute atomic E-state index is 13.0. The number of cyclic esters (lactones) is 1. The van der Waals surface area contributed by atoms with Gasteiger partial charge in [-0.25, -0.2) is 9.79 Å². The number of nitrogens with zero attached hydrogens (tertiary/aromatic N) is 1. The van der Waals surface area contributed by atoms with Crippen LogP contribution >= 0.6 is 0 Å². The van der Waals surface area contributed by atoms with Crippen LogP contribution in [0.2, 0.25) is 0 Å². The normalized spacial score (nSPS) is 33.1. The molecule has 1 spiro atoms. The molecule has 0 N–H and O–H groups in total. The zero-order valence-corrected chi connectivity index (χ0v) is 13.1. The monoisotopic (exact) mass is 315 g/mol. The van der Waals surface area contributed by atoms with Gasteiger partial charge in [-0.2, -0.15) is 0 Å². The number of carbonyl (C=O) groups excluding carboxylic acids is 1. The van der Waals surface area contributed by atoms with Crippen molar-refractivity contribution in [3.05, 3.63) is 83.9 Å². The Kier molecular flexibility index (Phi) is 2.81. The Hall–Kier alpha value is -2.68. The maximum Gasteiger partial charge on any atom is 0.342 e. The standard InChI is InChI=1S/C21H17NO2/c23-20-21(22-19(24-20)15-9-5-2-6-10-15)17-12-11-16(13-17)18(21)14-7-3-1-4-8-14/h1-12,16-18H,13H2/t16-,17+,18+,21-/m0/s1. The molecule has 0 unspecified atom stereocenters. The highest BCUT2D eigenvalue weighted by Crippen LogP contribution is 2.59. The number of ether oxygens (including phenoxy) is 1. The molecule has 3 heteroatoms. The van der Waals surface area contributed by atoms with Gasteiger partial charge in [0.25, 0.3) is 0 Å². The number of rotatable bonds is 2. The molecule has 24 heavy (non-hydrogen) atoms. The van der Waals surface area contributed by atoms with Gasteiger partial charge in [0.05, 0.1) is 0 Å². The molecule has 5 rings (SSSR count). The van der Waals surface area contributed by atoms with Gasteiger partial charge in [0.1, 0.15) is 0 Å². The van der Waals surface area contributed by atoms with Gasteiger partial charge in [-0.15, -0.1) is 0 Å². The lowest BCUT2D eigenvalue weighted by molar-refractivity contribution is -0.140. The number of fused-ring (bicyclic) bond motifs is 3. The van der Waals surface area contributed by atoms with Crippen molar-refractivity contribution < 1.29 is 9.53 Å². The van der Waals surface area contributed by atoms with Crippen LogP contribution in [0, 0.1) is 11.8 Å². The van der Waals surface area contributed by atoms with E-state index in [0.717, 1.165) is 12.0 Å². The first-order chi connectivity index (χ1) is 11.8. The molecule has 2 bridgehead atoms. The molecule has 1 heterocycles. The Morgan fingerprint density at radius 3 is 2.42 bits per heavy atom. The minimum atomic E-state index is -0.800. The number of esters is 1. The summed E-state index contributed by atoms with van der Waals surface area (Å²) in [6.07, 6.45) is 5.37. The fraction of sp³-hybridized carbons (Fsp3) is 0.238. The van der Waals surface area contributed by atoms with E-state index in [1.54, 1.807) is 0 Å². The van der Waals surface area contributed by atoms with Gasteiger partial charge < -0.3 is 4.74 Å². The molecule has 2 aliphatic carbocycles. The van der Waals surface area contributed by atoms with Crippen molar-refractivity contribution >= 4 is 11.9 Å². The van der Waals surface area contributed by atoms with Crippen molar-refractivity contribution in [1.82, 2.24) is 0 Å². The van der Waals surface area contributed by atoms with Gasteiger partial charge in [-0.05, 0) is 30.0 Å². The first-order valence-corrected chi connectivity index (χ1v) is 8.40. The van der Waals surface area contributed by atoms with Gasteiger partial charge in [0, 0.05) is 17.4 Å². The van der Waals surface area contributed by atoms with Crippen LogP contribution in [0.15, 0.2) is 77.8 Å². The van der Waals surface area contributed by atoms with E-state index in [9.17, 15) is 4.79 Å². The van der Waals surface area contributed by atoms with E-state index in [1.165, 1.54) is 5.56 Å². The summed E-state index contributed by atoms with van der Waals surface area (Å²) >= 11 is 0. The molecule has 1 saturated carbocycles. The summed E-state index contributed by atoms with van der Waals surface area (Å²) < 4.78 is 5.67. The van der Waals surface area contributed by atoms with Gasteiger partial charge in [0.2, 0.25) is 5.90 Å². The molecule has 0 radical (unpaired) electrons. The van der Waals surface area contributed by atoms with Crippen LogP contribution in [-0.2, 0) is 9.53 Å². The van der Waals surface area contributed by atoms with Crippen LogP contribution < -0.4 is 0 Å². The van der Waals surface area contributed by atoms with Crippen molar-refractivity contribution in [2.45, 2.75) is 17.9 Å². The van der Waals surface area contributed by atoms with E-state index < -0.39 is 5.54 Å². The minimum Gasteiger partial charge on any atom is -0.405 e. The van der Waals surface area contributed by atoms with Crippen molar-refractivity contribution in [1.29, 1.82) is 0 Å². The van der Waals surface area contributed by atoms with Crippen molar-refractivity contribution in [3.8, 4) is 0 Å². The van der Waals surface area contributed by atoms with Gasteiger partial charge in [0.15, 0.2) is 5.54 Å². The van der Waals surface area contributed by atoms with E-state index >= 15 is 0 Å². The number of hydrogen-bond acceptors (Lipinski definition) is 3. The second-order valence-corrected chi connectivity index (χ2v) is 6.78. The summed E-state index contributed by atoms with van der Waals surface area (Å²) in [5.74, 6) is 0.794. The second-order valence-electron chi connectivity index (χ2n) is 6.78. The van der Waals surface area contributed by atoms with Crippen LogP contribution in [0.5, 0.6) is 0 Å². The van der Waals surface area contributed by atoms with Gasteiger partial charge >= 0.3 is 5.97 Å². The molecule has 4 atom stereocenters. The quantitative estimate of drug-likeness (QED) is 0.626. The molecule has 1 aliphatic heterocycles. The third-order valence-electron chi connectivity index (χ3n) is 5.57. The summed E-state index contributed by atoms with van der Waals surface area (Å²) in [6.45, 7) is 0. The second kappa shape index (κ2) is 4.91. The molecule has 2 aromatic rings. The predicted molar refractivity (Wildman–Crippen MR) is 91.7 cm³/mol. The maximum atomic E-state index is 13.0. The van der Waals surface area contributed by atoms with E-state index in [0.29, 0.717) is 11.8 Å². The lowest BCUT2D eigenvalue weighted by atomic mass is 9.73. The van der Waals surface area contributed by atoms with Crippen LogP contribution in [0.3, 0.4) is 0 Å². The number of benzene rings is 2. The first-order valence-electron chi connectivity index (χ1n) is 8.40.